The smallest absolute Gasteiger partial charge is 0.135 e. The summed E-state index contributed by atoms with van der Waals surface area (Å²) in [4.78, 5) is 14.4. The number of anilines is 4. The van der Waals surface area contributed by atoms with Crippen LogP contribution < -0.4 is 14.5 Å². The molecule has 8 aromatic rings. The second kappa shape index (κ2) is 16.1. The number of rotatable bonds is 6. The largest absolute Gasteiger partial charge is 0.509 e. The number of nitrogens with zero attached hydrogens (tertiary/aromatic N) is 5. The van der Waals surface area contributed by atoms with Gasteiger partial charge in [0.2, 0.25) is 0 Å². The molecule has 63 heavy (non-hydrogen) atoms. The van der Waals surface area contributed by atoms with Crippen LogP contribution in [0, 0.1) is 39.6 Å². The van der Waals surface area contributed by atoms with E-state index < -0.39 is 0 Å². The molecule has 0 unspecified atom stereocenters. The molecule has 324 valence electrons. The van der Waals surface area contributed by atoms with E-state index in [2.05, 4.69) is 195 Å². The van der Waals surface area contributed by atoms with Gasteiger partial charge in [-0.25, -0.2) is 9.97 Å². The van der Waals surface area contributed by atoms with Gasteiger partial charge >= 0.3 is 0 Å². The Labute approximate surface area is 388 Å². The van der Waals surface area contributed by atoms with Crippen molar-refractivity contribution in [3.63, 3.8) is 0 Å². The minimum absolute atomic E-state index is 0. The SMILES string of the molecule is Cc1cc(C)c(-c2cc(C(C)(C)C)c(N3[CH-]N(c4[c-]c(Oc5[c-]c6c(cc5)c5ccccc5n6-c5cc(C(C)(C)C)ccn5)ccc4)c4cccnc43)c(C(C)(C)C)c2)c(C)c1.[Pt]. The average molecular weight is 1010 g/mol. The minimum Gasteiger partial charge on any atom is -0.509 e. The Hall–Kier alpha value is -5.71. The van der Waals surface area contributed by atoms with Crippen molar-refractivity contribution in [3.8, 4) is 28.4 Å². The summed E-state index contributed by atoms with van der Waals surface area (Å²) in [5.74, 6) is 2.91. The summed E-state index contributed by atoms with van der Waals surface area (Å²) in [6, 6.07) is 43.7. The van der Waals surface area contributed by atoms with Crippen LogP contribution in [0.3, 0.4) is 0 Å². The van der Waals surface area contributed by atoms with Crippen molar-refractivity contribution in [1.82, 2.24) is 14.5 Å². The first-order valence-corrected chi connectivity index (χ1v) is 21.6. The molecule has 0 aliphatic carbocycles. The van der Waals surface area contributed by atoms with Crippen molar-refractivity contribution in [1.29, 1.82) is 0 Å². The Bertz CT molecular complexity index is 2970. The molecule has 5 aromatic carbocycles. The zero-order chi connectivity index (χ0) is 43.9. The van der Waals surface area contributed by atoms with Gasteiger partial charge in [0.05, 0.1) is 5.69 Å². The van der Waals surface area contributed by atoms with Gasteiger partial charge in [0.25, 0.3) is 0 Å². The Morgan fingerprint density at radius 2 is 1.29 bits per heavy atom. The summed E-state index contributed by atoms with van der Waals surface area (Å²) in [5, 5.41) is 2.23. The van der Waals surface area contributed by atoms with E-state index >= 15 is 0 Å². The number of aryl methyl sites for hydroxylation is 3. The summed E-state index contributed by atoms with van der Waals surface area (Å²) in [6.45, 7) is 29.4. The zero-order valence-electron chi connectivity index (χ0n) is 38.5. The van der Waals surface area contributed by atoms with Crippen molar-refractivity contribution in [3.05, 3.63) is 168 Å². The predicted molar refractivity (Wildman–Crippen MR) is 258 cm³/mol. The number of benzene rings is 5. The number of pyridine rings is 2. The van der Waals surface area contributed by atoms with Gasteiger partial charge in [-0.1, -0.05) is 104 Å². The van der Waals surface area contributed by atoms with Crippen LogP contribution in [-0.4, -0.2) is 14.5 Å². The normalized spacial score (nSPS) is 13.1. The Morgan fingerprint density at radius 1 is 0.603 bits per heavy atom. The van der Waals surface area contributed by atoms with Gasteiger partial charge in [-0.3, -0.25) is 0 Å². The molecule has 0 fully saturated rings. The fourth-order valence-corrected chi connectivity index (χ4v) is 9.10. The second-order valence-electron chi connectivity index (χ2n) is 20.0. The maximum atomic E-state index is 6.65. The third-order valence-electron chi connectivity index (χ3n) is 12.0. The first-order chi connectivity index (χ1) is 29.4. The third kappa shape index (κ3) is 8.08. The Morgan fingerprint density at radius 3 is 1.97 bits per heavy atom. The average Bonchev–Trinajstić information content (AvgIpc) is 3.75. The van der Waals surface area contributed by atoms with Crippen LogP contribution in [0.2, 0.25) is 0 Å². The molecule has 6 nitrogen and oxygen atoms in total. The van der Waals surface area contributed by atoms with Gasteiger partial charge < -0.3 is 19.1 Å². The molecule has 0 saturated heterocycles. The van der Waals surface area contributed by atoms with Crippen LogP contribution in [0.4, 0.5) is 22.9 Å². The number of para-hydroxylation sites is 1. The molecule has 7 heteroatoms. The van der Waals surface area contributed by atoms with Gasteiger partial charge in [-0.05, 0) is 124 Å². The topological polar surface area (TPSA) is 46.4 Å². The Kier molecular flexibility index (Phi) is 11.2. The van der Waals surface area contributed by atoms with E-state index in [1.807, 2.05) is 36.7 Å². The number of hydrogen-bond donors (Lipinski definition) is 0. The molecule has 4 heterocycles. The molecular weight excluding hydrogens is 954 g/mol. The summed E-state index contributed by atoms with van der Waals surface area (Å²) in [7, 11) is 0. The first kappa shape index (κ1) is 43.9. The summed E-state index contributed by atoms with van der Waals surface area (Å²) < 4.78 is 8.84. The molecule has 0 bridgehead atoms. The van der Waals surface area contributed by atoms with E-state index in [0.717, 1.165) is 50.5 Å². The standard InChI is InChI=1S/C56H56N5O.Pt/c1-35-27-36(2)51(37(3)28-35)38-29-45(55(7,8)9)52(46(30-38)56(10,11)12)60-34-59(48-21-16-25-58-53(48)60)40-17-15-18-41(32-40)62-42-22-23-44-43-19-13-14-20-47(43)61(49(44)33-42)50-31-39(24-26-57-50)54(4,5)6;/h13-31,34H,1-12H3;/q-3;. The fraction of sp³-hybridized carbons (Fsp3) is 0.268. The maximum absolute atomic E-state index is 6.65. The van der Waals surface area contributed by atoms with Crippen molar-refractivity contribution in [2.75, 3.05) is 9.80 Å². The molecule has 0 radical (unpaired) electrons. The van der Waals surface area contributed by atoms with Crippen LogP contribution in [0.5, 0.6) is 11.5 Å². The molecule has 0 saturated carbocycles. The molecule has 0 spiro atoms. The molecule has 0 amide bonds. The fourth-order valence-electron chi connectivity index (χ4n) is 9.10. The molecule has 9 rings (SSSR count). The van der Waals surface area contributed by atoms with Gasteiger partial charge in [-0.15, -0.1) is 48.1 Å². The van der Waals surface area contributed by atoms with Gasteiger partial charge in [0.15, 0.2) is 0 Å². The quantitative estimate of drug-likeness (QED) is 0.155. The Balaban J connectivity index is 0.00000544. The number of hydrogen-bond acceptors (Lipinski definition) is 5. The second-order valence-corrected chi connectivity index (χ2v) is 20.0. The summed E-state index contributed by atoms with van der Waals surface area (Å²) in [5.41, 5.74) is 14.7. The molecule has 0 N–H and O–H groups in total. The van der Waals surface area contributed by atoms with E-state index in [1.165, 1.54) is 44.5 Å². The summed E-state index contributed by atoms with van der Waals surface area (Å²) >= 11 is 0. The van der Waals surface area contributed by atoms with Gasteiger partial charge in [-0.2, -0.15) is 12.1 Å². The number of aromatic nitrogens is 3. The van der Waals surface area contributed by atoms with E-state index in [4.69, 9.17) is 14.7 Å². The van der Waals surface area contributed by atoms with E-state index in [1.54, 1.807) is 0 Å². The molecule has 0 atom stereocenters. The molecule has 3 aromatic heterocycles. The monoisotopic (exact) mass is 1010 g/mol. The van der Waals surface area contributed by atoms with Gasteiger partial charge in [0.1, 0.15) is 11.6 Å². The van der Waals surface area contributed by atoms with Crippen molar-refractivity contribution < 1.29 is 25.8 Å². The minimum atomic E-state index is -0.178. The van der Waals surface area contributed by atoms with Crippen LogP contribution in [0.25, 0.3) is 38.8 Å². The first-order valence-electron chi connectivity index (χ1n) is 21.6. The van der Waals surface area contributed by atoms with Crippen molar-refractivity contribution in [2.24, 2.45) is 0 Å². The molecule has 1 aliphatic heterocycles. The molecule has 1 aliphatic rings. The number of fused-ring (bicyclic) bond motifs is 4. The van der Waals surface area contributed by atoms with E-state index in [0.29, 0.717) is 11.5 Å². The van der Waals surface area contributed by atoms with Crippen molar-refractivity contribution >= 4 is 44.7 Å². The predicted octanol–water partition coefficient (Wildman–Crippen LogP) is 14.9. The van der Waals surface area contributed by atoms with Crippen LogP contribution >= 0.6 is 0 Å². The maximum Gasteiger partial charge on any atom is 0.135 e. The van der Waals surface area contributed by atoms with Crippen molar-refractivity contribution in [2.45, 2.75) is 99.3 Å². The van der Waals surface area contributed by atoms with E-state index in [9.17, 15) is 0 Å². The zero-order valence-corrected chi connectivity index (χ0v) is 40.8. The van der Waals surface area contributed by atoms with Gasteiger partial charge in [0, 0.05) is 56.2 Å². The third-order valence-corrected chi connectivity index (χ3v) is 12.0. The van der Waals surface area contributed by atoms with E-state index in [-0.39, 0.29) is 37.3 Å². The van der Waals surface area contributed by atoms with Crippen LogP contribution in [-0.2, 0) is 37.3 Å². The number of ether oxygens (including phenoxy) is 1. The molecular formula is C56H56N5OPt-3. The summed E-state index contributed by atoms with van der Waals surface area (Å²) in [6.07, 6.45) is 3.78. The van der Waals surface area contributed by atoms with Crippen LogP contribution in [0.15, 0.2) is 116 Å². The van der Waals surface area contributed by atoms with Crippen LogP contribution in [0.1, 0.15) is 95.7 Å².